The predicted octanol–water partition coefficient (Wildman–Crippen LogP) is 0.768. The summed E-state index contributed by atoms with van der Waals surface area (Å²) in [5.41, 5.74) is 0. The van der Waals surface area contributed by atoms with E-state index in [1.807, 2.05) is 4.90 Å². The minimum Gasteiger partial charge on any atom is -0.341 e. The summed E-state index contributed by atoms with van der Waals surface area (Å²) in [6.07, 6.45) is 4.54. The van der Waals surface area contributed by atoms with Crippen molar-refractivity contribution in [2.75, 3.05) is 24.6 Å². The molecule has 0 atom stereocenters. The summed E-state index contributed by atoms with van der Waals surface area (Å²) in [4.78, 5) is 13.8. The number of hydrogen-bond donors (Lipinski definition) is 0. The Labute approximate surface area is 87.3 Å². The maximum absolute atomic E-state index is 11.9. The third kappa shape index (κ3) is 2.16. The van der Waals surface area contributed by atoms with Gasteiger partial charge in [0, 0.05) is 41.3 Å². The standard InChI is InChI=1S/C10H17NO2S/c12-10(9-3-1-2-4-9)11-5-7-14(13)8-6-11/h9H,1-8H2. The minimum absolute atomic E-state index is 0.279. The molecule has 80 valence electrons. The molecule has 1 heterocycles. The van der Waals surface area contributed by atoms with Crippen LogP contribution in [0.15, 0.2) is 0 Å². The smallest absolute Gasteiger partial charge is 0.225 e. The Morgan fingerprint density at radius 1 is 1.14 bits per heavy atom. The van der Waals surface area contributed by atoms with E-state index in [1.54, 1.807) is 0 Å². The van der Waals surface area contributed by atoms with Gasteiger partial charge in [0.15, 0.2) is 0 Å². The summed E-state index contributed by atoms with van der Waals surface area (Å²) in [7, 11) is -0.673. The van der Waals surface area contributed by atoms with Gasteiger partial charge in [0.2, 0.25) is 5.91 Å². The molecule has 0 bridgehead atoms. The third-order valence-corrected chi connectivity index (χ3v) is 4.47. The van der Waals surface area contributed by atoms with E-state index in [9.17, 15) is 9.00 Å². The minimum atomic E-state index is -0.673. The molecule has 1 aliphatic carbocycles. The summed E-state index contributed by atoms with van der Waals surface area (Å²) in [6.45, 7) is 1.42. The second-order valence-corrected chi connectivity index (χ2v) is 5.85. The van der Waals surface area contributed by atoms with Gasteiger partial charge in [-0.15, -0.1) is 0 Å². The number of carbonyl (C=O) groups is 1. The van der Waals surface area contributed by atoms with E-state index in [-0.39, 0.29) is 5.92 Å². The normalized spacial score (nSPS) is 25.6. The van der Waals surface area contributed by atoms with Crippen molar-refractivity contribution in [1.29, 1.82) is 0 Å². The SMILES string of the molecule is O=C(C1CCCC1)N1CCS(=O)CC1. The number of hydrogen-bond acceptors (Lipinski definition) is 2. The molecule has 1 saturated carbocycles. The maximum Gasteiger partial charge on any atom is 0.225 e. The molecule has 0 aromatic carbocycles. The molecule has 1 aliphatic heterocycles. The first-order chi connectivity index (χ1) is 6.77. The van der Waals surface area contributed by atoms with Crippen LogP contribution in [0.1, 0.15) is 25.7 Å². The van der Waals surface area contributed by atoms with Crippen LogP contribution in [0, 0.1) is 5.92 Å². The fraction of sp³-hybridized carbons (Fsp3) is 0.900. The van der Waals surface area contributed by atoms with Crippen LogP contribution in [0.5, 0.6) is 0 Å². The molecule has 14 heavy (non-hydrogen) atoms. The van der Waals surface area contributed by atoms with Crippen molar-refractivity contribution in [3.8, 4) is 0 Å². The summed E-state index contributed by atoms with van der Waals surface area (Å²) in [6, 6.07) is 0. The van der Waals surface area contributed by atoms with Crippen LogP contribution in [0.4, 0.5) is 0 Å². The van der Waals surface area contributed by atoms with E-state index in [0.29, 0.717) is 30.5 Å². The number of amides is 1. The van der Waals surface area contributed by atoms with E-state index in [2.05, 4.69) is 0 Å². The number of rotatable bonds is 1. The zero-order valence-electron chi connectivity index (χ0n) is 8.41. The fourth-order valence-corrected chi connectivity index (χ4v) is 3.34. The largest absolute Gasteiger partial charge is 0.341 e. The van der Waals surface area contributed by atoms with Gasteiger partial charge in [-0.2, -0.15) is 0 Å². The summed E-state index contributed by atoms with van der Waals surface area (Å²) >= 11 is 0. The first-order valence-electron chi connectivity index (χ1n) is 5.41. The van der Waals surface area contributed by atoms with Gasteiger partial charge in [0.1, 0.15) is 0 Å². The van der Waals surface area contributed by atoms with Crippen LogP contribution in [-0.2, 0) is 15.6 Å². The Morgan fingerprint density at radius 3 is 2.29 bits per heavy atom. The monoisotopic (exact) mass is 215 g/mol. The van der Waals surface area contributed by atoms with Crippen molar-refractivity contribution in [1.82, 2.24) is 4.90 Å². The van der Waals surface area contributed by atoms with Crippen molar-refractivity contribution in [3.05, 3.63) is 0 Å². The van der Waals surface area contributed by atoms with Crippen LogP contribution < -0.4 is 0 Å². The molecule has 0 N–H and O–H groups in total. The first kappa shape index (κ1) is 10.1. The third-order valence-electron chi connectivity index (χ3n) is 3.19. The molecule has 4 heteroatoms. The quantitative estimate of drug-likeness (QED) is 0.648. The highest BCUT2D eigenvalue weighted by molar-refractivity contribution is 7.85. The molecule has 2 fully saturated rings. The van der Waals surface area contributed by atoms with E-state index >= 15 is 0 Å². The Balaban J connectivity index is 1.88. The van der Waals surface area contributed by atoms with Crippen molar-refractivity contribution in [2.24, 2.45) is 5.92 Å². The fourth-order valence-electron chi connectivity index (χ4n) is 2.29. The lowest BCUT2D eigenvalue weighted by Crippen LogP contribution is -2.44. The average molecular weight is 215 g/mol. The molecular formula is C10H17NO2S. The van der Waals surface area contributed by atoms with Crippen molar-refractivity contribution in [2.45, 2.75) is 25.7 Å². The van der Waals surface area contributed by atoms with E-state index in [1.165, 1.54) is 12.8 Å². The molecular weight excluding hydrogens is 198 g/mol. The predicted molar refractivity (Wildman–Crippen MR) is 56.4 cm³/mol. The zero-order chi connectivity index (χ0) is 9.97. The second kappa shape index (κ2) is 4.43. The Bertz CT molecular complexity index is 239. The lowest BCUT2D eigenvalue weighted by atomic mass is 10.1. The Morgan fingerprint density at radius 2 is 1.71 bits per heavy atom. The van der Waals surface area contributed by atoms with Gasteiger partial charge in [-0.25, -0.2) is 0 Å². The van der Waals surface area contributed by atoms with E-state index < -0.39 is 10.8 Å². The number of carbonyl (C=O) groups excluding carboxylic acids is 1. The topological polar surface area (TPSA) is 37.4 Å². The Hall–Kier alpha value is -0.380. The average Bonchev–Trinajstić information content (AvgIpc) is 2.71. The van der Waals surface area contributed by atoms with Crippen molar-refractivity contribution in [3.63, 3.8) is 0 Å². The van der Waals surface area contributed by atoms with Crippen LogP contribution in [0.3, 0.4) is 0 Å². The highest BCUT2D eigenvalue weighted by Gasteiger charge is 2.28. The molecule has 1 saturated heterocycles. The zero-order valence-corrected chi connectivity index (χ0v) is 9.22. The molecule has 0 radical (unpaired) electrons. The molecule has 1 amide bonds. The van der Waals surface area contributed by atoms with Gasteiger partial charge in [-0.05, 0) is 12.8 Å². The maximum atomic E-state index is 11.9. The molecule has 2 rings (SSSR count). The van der Waals surface area contributed by atoms with Crippen LogP contribution in [-0.4, -0.2) is 39.6 Å². The number of nitrogens with zero attached hydrogens (tertiary/aromatic N) is 1. The van der Waals surface area contributed by atoms with E-state index in [0.717, 1.165) is 12.8 Å². The highest BCUT2D eigenvalue weighted by atomic mass is 32.2. The van der Waals surface area contributed by atoms with E-state index in [4.69, 9.17) is 0 Å². The molecule has 3 nitrogen and oxygen atoms in total. The highest BCUT2D eigenvalue weighted by Crippen LogP contribution is 2.26. The van der Waals surface area contributed by atoms with Crippen molar-refractivity contribution >= 4 is 16.7 Å². The van der Waals surface area contributed by atoms with Gasteiger partial charge < -0.3 is 4.90 Å². The van der Waals surface area contributed by atoms with Crippen LogP contribution in [0.2, 0.25) is 0 Å². The molecule has 0 unspecified atom stereocenters. The van der Waals surface area contributed by atoms with Crippen molar-refractivity contribution < 1.29 is 9.00 Å². The van der Waals surface area contributed by atoms with Crippen LogP contribution in [0.25, 0.3) is 0 Å². The van der Waals surface area contributed by atoms with Gasteiger partial charge in [0.25, 0.3) is 0 Å². The molecule has 0 aromatic rings. The molecule has 0 spiro atoms. The van der Waals surface area contributed by atoms with Gasteiger partial charge in [0.05, 0.1) is 0 Å². The molecule has 2 aliphatic rings. The lowest BCUT2D eigenvalue weighted by Gasteiger charge is -2.28. The summed E-state index contributed by atoms with van der Waals surface area (Å²) in [5, 5.41) is 0. The summed E-state index contributed by atoms with van der Waals surface area (Å²) < 4.78 is 11.1. The van der Waals surface area contributed by atoms with Gasteiger partial charge >= 0.3 is 0 Å². The van der Waals surface area contributed by atoms with Gasteiger partial charge in [-0.3, -0.25) is 9.00 Å². The Kier molecular flexibility index (Phi) is 3.21. The summed E-state index contributed by atoms with van der Waals surface area (Å²) in [5.74, 6) is 1.96. The molecule has 0 aromatic heterocycles. The first-order valence-corrected chi connectivity index (χ1v) is 6.90. The lowest BCUT2D eigenvalue weighted by molar-refractivity contribution is -0.134. The van der Waals surface area contributed by atoms with Crippen LogP contribution >= 0.6 is 0 Å². The van der Waals surface area contributed by atoms with Gasteiger partial charge in [-0.1, -0.05) is 12.8 Å². The second-order valence-electron chi connectivity index (χ2n) is 4.15.